The van der Waals surface area contributed by atoms with E-state index in [1.165, 1.54) is 51.9 Å². The van der Waals surface area contributed by atoms with Gasteiger partial charge in [-0.1, -0.05) is 51.7 Å². The lowest BCUT2D eigenvalue weighted by molar-refractivity contribution is -0.141. The lowest BCUT2D eigenvalue weighted by Gasteiger charge is -2.06. The van der Waals surface area contributed by atoms with Crippen molar-refractivity contribution < 1.29 is 9.53 Å². The van der Waals surface area contributed by atoms with Gasteiger partial charge in [0.05, 0.1) is 6.61 Å². The van der Waals surface area contributed by atoms with Crippen molar-refractivity contribution >= 4 is 5.97 Å². The van der Waals surface area contributed by atoms with E-state index in [1.807, 2.05) is 0 Å². The summed E-state index contributed by atoms with van der Waals surface area (Å²) in [5, 5.41) is 0. The van der Waals surface area contributed by atoms with Crippen molar-refractivity contribution in [3.8, 4) is 0 Å². The third-order valence-electron chi connectivity index (χ3n) is 3.34. The normalized spacial score (nSPS) is 12.8. The van der Waals surface area contributed by atoms with Crippen LogP contribution in [0.5, 0.6) is 0 Å². The SMILES string of the molecule is CCCC(C)CC/C=C\CCCCCCOC(C)=O. The number of carbonyl (C=O) groups excluding carboxylic acids is 1. The highest BCUT2D eigenvalue weighted by Crippen LogP contribution is 2.12. The monoisotopic (exact) mass is 268 g/mol. The molecule has 0 saturated carbocycles. The van der Waals surface area contributed by atoms with Crippen molar-refractivity contribution in [1.29, 1.82) is 0 Å². The van der Waals surface area contributed by atoms with Gasteiger partial charge in [0.1, 0.15) is 0 Å². The fourth-order valence-corrected chi connectivity index (χ4v) is 2.19. The molecule has 1 unspecified atom stereocenters. The summed E-state index contributed by atoms with van der Waals surface area (Å²) in [4.78, 5) is 10.5. The number of rotatable bonds is 12. The molecular formula is C17H32O2. The first-order valence-corrected chi connectivity index (χ1v) is 7.95. The fraction of sp³-hybridized carbons (Fsp3) is 0.824. The van der Waals surface area contributed by atoms with Crippen molar-refractivity contribution in [3.05, 3.63) is 12.2 Å². The first-order chi connectivity index (χ1) is 9.16. The maximum atomic E-state index is 10.5. The van der Waals surface area contributed by atoms with Crippen LogP contribution in [-0.4, -0.2) is 12.6 Å². The van der Waals surface area contributed by atoms with Crippen molar-refractivity contribution in [2.24, 2.45) is 5.92 Å². The van der Waals surface area contributed by atoms with Gasteiger partial charge in [-0.05, 0) is 38.0 Å². The van der Waals surface area contributed by atoms with Crippen LogP contribution in [0, 0.1) is 5.92 Å². The Hall–Kier alpha value is -0.790. The van der Waals surface area contributed by atoms with E-state index in [0.717, 1.165) is 18.8 Å². The third-order valence-corrected chi connectivity index (χ3v) is 3.34. The minimum Gasteiger partial charge on any atom is -0.466 e. The summed E-state index contributed by atoms with van der Waals surface area (Å²) >= 11 is 0. The predicted molar refractivity (Wildman–Crippen MR) is 82.2 cm³/mol. The Morgan fingerprint density at radius 1 is 1.05 bits per heavy atom. The van der Waals surface area contributed by atoms with Crippen LogP contribution < -0.4 is 0 Å². The van der Waals surface area contributed by atoms with E-state index in [2.05, 4.69) is 26.0 Å². The van der Waals surface area contributed by atoms with Crippen LogP contribution >= 0.6 is 0 Å². The van der Waals surface area contributed by atoms with E-state index >= 15 is 0 Å². The fourth-order valence-electron chi connectivity index (χ4n) is 2.19. The lowest BCUT2D eigenvalue weighted by Crippen LogP contribution is -1.99. The number of esters is 1. The summed E-state index contributed by atoms with van der Waals surface area (Å²) < 4.78 is 4.89. The Bertz CT molecular complexity index is 233. The summed E-state index contributed by atoms with van der Waals surface area (Å²) in [5.74, 6) is 0.705. The summed E-state index contributed by atoms with van der Waals surface area (Å²) in [6.07, 6.45) is 15.7. The molecule has 0 aromatic carbocycles. The molecule has 0 bridgehead atoms. The van der Waals surface area contributed by atoms with Crippen molar-refractivity contribution in [3.63, 3.8) is 0 Å². The number of ether oxygens (including phenoxy) is 1. The van der Waals surface area contributed by atoms with Crippen LogP contribution in [0.4, 0.5) is 0 Å². The van der Waals surface area contributed by atoms with E-state index in [9.17, 15) is 4.79 Å². The van der Waals surface area contributed by atoms with Crippen LogP contribution in [0.15, 0.2) is 12.2 Å². The number of carbonyl (C=O) groups is 1. The molecule has 0 N–H and O–H groups in total. The number of allylic oxidation sites excluding steroid dienone is 2. The van der Waals surface area contributed by atoms with Crippen LogP contribution in [0.25, 0.3) is 0 Å². The highest BCUT2D eigenvalue weighted by Gasteiger charge is 1.97. The quantitative estimate of drug-likeness (QED) is 0.274. The Morgan fingerprint density at radius 2 is 1.74 bits per heavy atom. The highest BCUT2D eigenvalue weighted by molar-refractivity contribution is 5.65. The first kappa shape index (κ1) is 18.2. The molecule has 0 spiro atoms. The van der Waals surface area contributed by atoms with E-state index in [4.69, 9.17) is 4.74 Å². The molecule has 2 heteroatoms. The van der Waals surface area contributed by atoms with Gasteiger partial charge >= 0.3 is 5.97 Å². The Labute approximate surface area is 119 Å². The van der Waals surface area contributed by atoms with Crippen LogP contribution in [0.1, 0.15) is 78.6 Å². The van der Waals surface area contributed by atoms with Gasteiger partial charge in [-0.15, -0.1) is 0 Å². The average molecular weight is 268 g/mol. The molecule has 0 heterocycles. The van der Waals surface area contributed by atoms with Gasteiger partial charge in [0.25, 0.3) is 0 Å². The molecule has 0 rings (SSSR count). The molecule has 0 aromatic heterocycles. The van der Waals surface area contributed by atoms with Crippen LogP contribution in [-0.2, 0) is 9.53 Å². The smallest absolute Gasteiger partial charge is 0.302 e. The molecule has 0 aliphatic heterocycles. The van der Waals surface area contributed by atoms with Gasteiger partial charge in [-0.2, -0.15) is 0 Å². The second-order valence-electron chi connectivity index (χ2n) is 5.49. The predicted octanol–water partition coefficient (Wildman–Crippen LogP) is 5.27. The average Bonchev–Trinajstić information content (AvgIpc) is 2.36. The van der Waals surface area contributed by atoms with E-state index in [1.54, 1.807) is 0 Å². The van der Waals surface area contributed by atoms with Crippen molar-refractivity contribution in [2.45, 2.75) is 78.6 Å². The van der Waals surface area contributed by atoms with Gasteiger partial charge in [-0.25, -0.2) is 0 Å². The van der Waals surface area contributed by atoms with Gasteiger partial charge in [-0.3, -0.25) is 4.79 Å². The molecule has 0 saturated heterocycles. The zero-order valence-electron chi connectivity index (χ0n) is 13.1. The number of hydrogen-bond acceptors (Lipinski definition) is 2. The van der Waals surface area contributed by atoms with Crippen molar-refractivity contribution in [1.82, 2.24) is 0 Å². The maximum absolute atomic E-state index is 10.5. The number of hydrogen-bond donors (Lipinski definition) is 0. The summed E-state index contributed by atoms with van der Waals surface area (Å²) in [6.45, 7) is 6.65. The van der Waals surface area contributed by atoms with E-state index in [0.29, 0.717) is 6.61 Å². The summed E-state index contributed by atoms with van der Waals surface area (Å²) in [7, 11) is 0. The molecular weight excluding hydrogens is 236 g/mol. The Morgan fingerprint density at radius 3 is 2.42 bits per heavy atom. The second kappa shape index (κ2) is 13.6. The molecule has 0 amide bonds. The van der Waals surface area contributed by atoms with Gasteiger partial charge < -0.3 is 4.74 Å². The lowest BCUT2D eigenvalue weighted by atomic mass is 10.00. The standard InChI is InChI=1S/C17H32O2/c1-4-13-16(2)14-11-9-7-5-6-8-10-12-15-19-17(3)18/h7,9,16H,4-6,8,10-15H2,1-3H3/b9-7-. The first-order valence-electron chi connectivity index (χ1n) is 7.95. The van der Waals surface area contributed by atoms with Gasteiger partial charge in [0, 0.05) is 6.92 Å². The molecule has 0 radical (unpaired) electrons. The molecule has 19 heavy (non-hydrogen) atoms. The molecule has 112 valence electrons. The molecule has 1 atom stereocenters. The van der Waals surface area contributed by atoms with Crippen LogP contribution in [0.2, 0.25) is 0 Å². The zero-order chi connectivity index (χ0) is 14.3. The highest BCUT2D eigenvalue weighted by atomic mass is 16.5. The molecule has 0 aliphatic rings. The van der Waals surface area contributed by atoms with Crippen molar-refractivity contribution in [2.75, 3.05) is 6.61 Å². The van der Waals surface area contributed by atoms with Crippen LogP contribution in [0.3, 0.4) is 0 Å². The molecule has 0 aromatic rings. The topological polar surface area (TPSA) is 26.3 Å². The van der Waals surface area contributed by atoms with Gasteiger partial charge in [0.15, 0.2) is 0 Å². The van der Waals surface area contributed by atoms with E-state index < -0.39 is 0 Å². The maximum Gasteiger partial charge on any atom is 0.302 e. The Balaban J connectivity index is 3.19. The Kier molecular flexibility index (Phi) is 13.1. The minimum atomic E-state index is -0.166. The summed E-state index contributed by atoms with van der Waals surface area (Å²) in [6, 6.07) is 0. The molecule has 0 aliphatic carbocycles. The minimum absolute atomic E-state index is 0.166. The number of unbranched alkanes of at least 4 members (excludes halogenated alkanes) is 4. The largest absolute Gasteiger partial charge is 0.466 e. The summed E-state index contributed by atoms with van der Waals surface area (Å²) in [5.41, 5.74) is 0. The van der Waals surface area contributed by atoms with E-state index in [-0.39, 0.29) is 5.97 Å². The molecule has 2 nitrogen and oxygen atoms in total. The zero-order valence-corrected chi connectivity index (χ0v) is 13.1. The van der Waals surface area contributed by atoms with Gasteiger partial charge in [0.2, 0.25) is 0 Å². The molecule has 0 fully saturated rings. The third kappa shape index (κ3) is 15.2. The second-order valence-corrected chi connectivity index (χ2v) is 5.49.